The molecule has 2 N–H and O–H groups in total. The van der Waals surface area contributed by atoms with Gasteiger partial charge in [0.15, 0.2) is 0 Å². The largest absolute Gasteiger partial charge is 0.469 e. The molecule has 0 saturated heterocycles. The van der Waals surface area contributed by atoms with E-state index in [1.165, 1.54) is 19.1 Å². The minimum absolute atomic E-state index is 0.0493. The summed E-state index contributed by atoms with van der Waals surface area (Å²) in [5.74, 6) is -5.18. The van der Waals surface area contributed by atoms with E-state index in [9.17, 15) is 24.0 Å². The van der Waals surface area contributed by atoms with Gasteiger partial charge in [-0.3, -0.25) is 19.2 Å². The van der Waals surface area contributed by atoms with Gasteiger partial charge in [-0.15, -0.1) is 0 Å². The minimum atomic E-state index is -1.52. The standard InChI is InChI=1S/C18H22N2O8/c1-10(21)19-13-8-6-5-7-11(13)16(23)20-15(18(25)28-4)12(17(24)27-3)9-14(22)26-2/h5-8,12,15H,9H2,1-4H3,(H,19,21)(H,20,23)/t12-,15-/m1/s1. The molecule has 0 unspecified atom stereocenters. The number of anilines is 1. The van der Waals surface area contributed by atoms with Crippen LogP contribution in [0.2, 0.25) is 0 Å². The molecule has 1 aromatic carbocycles. The van der Waals surface area contributed by atoms with E-state index in [1.54, 1.807) is 12.1 Å². The maximum Gasteiger partial charge on any atom is 0.329 e. The average Bonchev–Trinajstić information content (AvgIpc) is 2.68. The first-order chi connectivity index (χ1) is 13.2. The number of ether oxygens (including phenoxy) is 3. The van der Waals surface area contributed by atoms with Crippen LogP contribution in [-0.2, 0) is 33.4 Å². The topological polar surface area (TPSA) is 137 Å². The summed E-state index contributed by atoms with van der Waals surface area (Å²) in [6.07, 6.45) is -0.517. The van der Waals surface area contributed by atoms with Crippen LogP contribution < -0.4 is 10.6 Å². The van der Waals surface area contributed by atoms with E-state index >= 15 is 0 Å². The normalized spacial score (nSPS) is 12.1. The molecule has 0 heterocycles. The first kappa shape index (κ1) is 22.6. The van der Waals surface area contributed by atoms with E-state index in [2.05, 4.69) is 24.8 Å². The molecule has 28 heavy (non-hydrogen) atoms. The van der Waals surface area contributed by atoms with Crippen LogP contribution in [0.5, 0.6) is 0 Å². The third kappa shape index (κ3) is 6.08. The van der Waals surface area contributed by atoms with Crippen molar-refractivity contribution in [1.29, 1.82) is 0 Å². The Hall–Kier alpha value is -3.43. The second kappa shape index (κ2) is 10.7. The van der Waals surface area contributed by atoms with E-state index in [-0.39, 0.29) is 11.3 Å². The summed E-state index contributed by atoms with van der Waals surface area (Å²) in [5, 5.41) is 4.86. The Kier molecular flexibility index (Phi) is 8.60. The number of methoxy groups -OCH3 is 3. The van der Waals surface area contributed by atoms with Crippen molar-refractivity contribution in [3.63, 3.8) is 0 Å². The number of rotatable bonds is 8. The van der Waals surface area contributed by atoms with Crippen molar-refractivity contribution in [1.82, 2.24) is 5.32 Å². The van der Waals surface area contributed by atoms with Gasteiger partial charge in [0.05, 0.1) is 44.9 Å². The van der Waals surface area contributed by atoms with Gasteiger partial charge in [-0.25, -0.2) is 4.79 Å². The van der Waals surface area contributed by atoms with Gasteiger partial charge in [-0.1, -0.05) is 12.1 Å². The molecule has 1 rings (SSSR count). The van der Waals surface area contributed by atoms with Gasteiger partial charge >= 0.3 is 17.9 Å². The molecule has 10 nitrogen and oxygen atoms in total. The zero-order chi connectivity index (χ0) is 21.3. The second-order valence-corrected chi connectivity index (χ2v) is 5.61. The molecule has 0 bridgehead atoms. The molecule has 0 aliphatic rings. The number of hydrogen-bond donors (Lipinski definition) is 2. The van der Waals surface area contributed by atoms with Gasteiger partial charge in [0.1, 0.15) is 6.04 Å². The van der Waals surface area contributed by atoms with Crippen LogP contribution in [0.15, 0.2) is 24.3 Å². The van der Waals surface area contributed by atoms with E-state index in [0.29, 0.717) is 0 Å². The predicted octanol–water partition coefficient (Wildman–Crippen LogP) is 0.269. The molecule has 2 atom stereocenters. The number of amides is 2. The van der Waals surface area contributed by atoms with Crippen molar-refractivity contribution < 1.29 is 38.2 Å². The number of nitrogens with one attached hydrogen (secondary N) is 2. The van der Waals surface area contributed by atoms with Crippen LogP contribution in [0.4, 0.5) is 5.69 Å². The molecule has 0 aliphatic heterocycles. The maximum atomic E-state index is 12.7. The second-order valence-electron chi connectivity index (χ2n) is 5.61. The summed E-state index contributed by atoms with van der Waals surface area (Å²) in [6.45, 7) is 1.27. The van der Waals surface area contributed by atoms with E-state index < -0.39 is 48.1 Å². The Morgan fingerprint density at radius 3 is 2.07 bits per heavy atom. The van der Waals surface area contributed by atoms with Crippen LogP contribution in [0.1, 0.15) is 23.7 Å². The van der Waals surface area contributed by atoms with Gasteiger partial charge in [0, 0.05) is 6.92 Å². The SMILES string of the molecule is COC(=O)C[C@@H](C(=O)OC)[C@@H](NC(=O)c1ccccc1NC(C)=O)C(=O)OC. The summed E-state index contributed by atoms with van der Waals surface area (Å²) in [4.78, 5) is 60.0. The Morgan fingerprint density at radius 1 is 0.929 bits per heavy atom. The minimum Gasteiger partial charge on any atom is -0.469 e. The predicted molar refractivity (Wildman–Crippen MR) is 96.2 cm³/mol. The molecule has 2 amide bonds. The first-order valence-corrected chi connectivity index (χ1v) is 8.15. The highest BCUT2D eigenvalue weighted by molar-refractivity contribution is 6.05. The van der Waals surface area contributed by atoms with E-state index in [0.717, 1.165) is 21.3 Å². The summed E-state index contributed by atoms with van der Waals surface area (Å²) < 4.78 is 13.8. The molecule has 0 aliphatic carbocycles. The van der Waals surface area contributed by atoms with Crippen molar-refractivity contribution in [3.05, 3.63) is 29.8 Å². The lowest BCUT2D eigenvalue weighted by molar-refractivity contribution is -0.158. The van der Waals surface area contributed by atoms with Gasteiger partial charge < -0.3 is 24.8 Å². The number of para-hydroxylation sites is 1. The van der Waals surface area contributed by atoms with Crippen LogP contribution >= 0.6 is 0 Å². The van der Waals surface area contributed by atoms with Gasteiger partial charge in [0.25, 0.3) is 5.91 Å². The van der Waals surface area contributed by atoms with Crippen molar-refractivity contribution in [3.8, 4) is 0 Å². The molecule has 0 radical (unpaired) electrons. The fourth-order valence-corrected chi connectivity index (χ4v) is 2.40. The Balaban J connectivity index is 3.22. The van der Waals surface area contributed by atoms with E-state index in [4.69, 9.17) is 0 Å². The fourth-order valence-electron chi connectivity index (χ4n) is 2.40. The number of hydrogen-bond acceptors (Lipinski definition) is 8. The highest BCUT2D eigenvalue weighted by Gasteiger charge is 2.39. The van der Waals surface area contributed by atoms with Crippen molar-refractivity contribution >= 4 is 35.4 Å². The molecular formula is C18H22N2O8. The van der Waals surface area contributed by atoms with Crippen LogP contribution in [0.3, 0.4) is 0 Å². The highest BCUT2D eigenvalue weighted by atomic mass is 16.5. The number of benzene rings is 1. The lowest BCUT2D eigenvalue weighted by atomic mass is 9.95. The van der Waals surface area contributed by atoms with Gasteiger partial charge in [-0.2, -0.15) is 0 Å². The summed E-state index contributed by atoms with van der Waals surface area (Å²) in [7, 11) is 3.26. The highest BCUT2D eigenvalue weighted by Crippen LogP contribution is 2.18. The van der Waals surface area contributed by atoms with Crippen molar-refractivity contribution in [2.75, 3.05) is 26.6 Å². The Labute approximate surface area is 161 Å². The number of carbonyl (C=O) groups excluding carboxylic acids is 5. The monoisotopic (exact) mass is 394 g/mol. The Morgan fingerprint density at radius 2 is 1.54 bits per heavy atom. The Bertz CT molecular complexity index is 762. The van der Waals surface area contributed by atoms with Gasteiger partial charge in [-0.05, 0) is 12.1 Å². The third-order valence-electron chi connectivity index (χ3n) is 3.74. The van der Waals surface area contributed by atoms with Gasteiger partial charge in [0.2, 0.25) is 5.91 Å². The summed E-state index contributed by atoms with van der Waals surface area (Å²) in [6, 6.07) is 4.56. The molecule has 0 spiro atoms. The van der Waals surface area contributed by atoms with Crippen LogP contribution in [0.25, 0.3) is 0 Å². The molecular weight excluding hydrogens is 372 g/mol. The van der Waals surface area contributed by atoms with E-state index in [1.807, 2.05) is 0 Å². The summed E-state index contributed by atoms with van der Waals surface area (Å²) in [5.41, 5.74) is 0.256. The number of esters is 3. The molecule has 0 aromatic heterocycles. The third-order valence-corrected chi connectivity index (χ3v) is 3.74. The van der Waals surface area contributed by atoms with Crippen LogP contribution in [-0.4, -0.2) is 57.1 Å². The zero-order valence-corrected chi connectivity index (χ0v) is 15.9. The lowest BCUT2D eigenvalue weighted by Crippen LogP contribution is -2.50. The number of carbonyl (C=O) groups is 5. The lowest BCUT2D eigenvalue weighted by Gasteiger charge is -2.24. The van der Waals surface area contributed by atoms with Crippen LogP contribution in [0, 0.1) is 5.92 Å². The molecule has 152 valence electrons. The molecule has 0 saturated carbocycles. The molecule has 10 heteroatoms. The van der Waals surface area contributed by atoms with Crippen molar-refractivity contribution in [2.24, 2.45) is 5.92 Å². The maximum absolute atomic E-state index is 12.7. The summed E-state index contributed by atoms with van der Waals surface area (Å²) >= 11 is 0. The smallest absolute Gasteiger partial charge is 0.329 e. The fraction of sp³-hybridized carbons (Fsp3) is 0.389. The first-order valence-electron chi connectivity index (χ1n) is 8.15. The quantitative estimate of drug-likeness (QED) is 0.473. The zero-order valence-electron chi connectivity index (χ0n) is 15.9. The average molecular weight is 394 g/mol. The molecule has 0 fully saturated rings. The molecule has 1 aromatic rings. The van der Waals surface area contributed by atoms with Crippen molar-refractivity contribution in [2.45, 2.75) is 19.4 Å².